The molecule has 1 aromatic rings. The molecule has 0 bridgehead atoms. The maximum absolute atomic E-state index is 5.61. The van der Waals surface area contributed by atoms with Gasteiger partial charge >= 0.3 is 0 Å². The molecule has 1 saturated carbocycles. The molecule has 0 amide bonds. The predicted octanol–water partition coefficient (Wildman–Crippen LogP) is 4.25. The fourth-order valence-electron chi connectivity index (χ4n) is 2.97. The van der Waals surface area contributed by atoms with Crippen LogP contribution in [-0.4, -0.2) is 5.71 Å². The summed E-state index contributed by atoms with van der Waals surface area (Å²) in [4.78, 5) is 5.61. The summed E-state index contributed by atoms with van der Waals surface area (Å²) in [7, 11) is 0. The molecule has 1 atom stereocenters. The molecule has 94 valence electrons. The first-order valence-corrected chi connectivity index (χ1v) is 6.84. The van der Waals surface area contributed by atoms with E-state index in [0.29, 0.717) is 5.92 Å². The van der Waals surface area contributed by atoms with Crippen LogP contribution in [0.25, 0.3) is 0 Å². The van der Waals surface area contributed by atoms with Gasteiger partial charge in [-0.05, 0) is 18.4 Å². The van der Waals surface area contributed by atoms with Gasteiger partial charge in [-0.25, -0.2) is 0 Å². The third kappa shape index (κ3) is 2.07. The number of rotatable bonds is 2. The van der Waals surface area contributed by atoms with Gasteiger partial charge in [-0.15, -0.1) is 0 Å². The van der Waals surface area contributed by atoms with Gasteiger partial charge in [0.15, 0.2) is 6.10 Å². The summed E-state index contributed by atoms with van der Waals surface area (Å²) in [5.41, 5.74) is 3.33. The molecule has 1 unspecified atom stereocenters. The first-order valence-electron chi connectivity index (χ1n) is 6.84. The number of hydrogen-bond acceptors (Lipinski definition) is 2. The van der Waals surface area contributed by atoms with Gasteiger partial charge in [0.25, 0.3) is 0 Å². The standard InChI is InChI=1S/C16H19NO/c1-12-15(13-8-4-2-5-9-13)17-18-16(12)14-10-6-3-7-11-14/h3,6-7,10-11,13,16H,1-2,4-5,8-9H2. The van der Waals surface area contributed by atoms with Gasteiger partial charge in [-0.2, -0.15) is 0 Å². The second-order valence-corrected chi connectivity index (χ2v) is 5.23. The lowest BCUT2D eigenvalue weighted by molar-refractivity contribution is 0.105. The van der Waals surface area contributed by atoms with E-state index in [9.17, 15) is 0 Å². The highest BCUT2D eigenvalue weighted by Crippen LogP contribution is 2.37. The summed E-state index contributed by atoms with van der Waals surface area (Å²) in [5, 5.41) is 4.32. The Morgan fingerprint density at radius 1 is 1.06 bits per heavy atom. The highest BCUT2D eigenvalue weighted by Gasteiger charge is 2.32. The van der Waals surface area contributed by atoms with Gasteiger partial charge in [0.2, 0.25) is 0 Å². The number of benzene rings is 1. The van der Waals surface area contributed by atoms with Gasteiger partial charge in [0, 0.05) is 11.5 Å². The van der Waals surface area contributed by atoms with Crippen molar-refractivity contribution in [2.75, 3.05) is 0 Å². The van der Waals surface area contributed by atoms with Gasteiger partial charge in [-0.3, -0.25) is 0 Å². The third-order valence-corrected chi connectivity index (χ3v) is 4.00. The van der Waals surface area contributed by atoms with E-state index in [-0.39, 0.29) is 6.10 Å². The van der Waals surface area contributed by atoms with Gasteiger partial charge in [0.05, 0.1) is 5.71 Å². The molecular formula is C16H19NO. The van der Waals surface area contributed by atoms with E-state index in [4.69, 9.17) is 4.84 Å². The largest absolute Gasteiger partial charge is 0.382 e. The lowest BCUT2D eigenvalue weighted by atomic mass is 9.82. The molecular weight excluding hydrogens is 222 g/mol. The molecule has 1 fully saturated rings. The molecule has 18 heavy (non-hydrogen) atoms. The van der Waals surface area contributed by atoms with Gasteiger partial charge in [-0.1, -0.05) is 61.3 Å². The van der Waals surface area contributed by atoms with Crippen molar-refractivity contribution in [3.8, 4) is 0 Å². The zero-order valence-corrected chi connectivity index (χ0v) is 10.6. The summed E-state index contributed by atoms with van der Waals surface area (Å²) < 4.78 is 0. The summed E-state index contributed by atoms with van der Waals surface area (Å²) in [6.07, 6.45) is 6.40. The first kappa shape index (κ1) is 11.5. The maximum Gasteiger partial charge on any atom is 0.179 e. The fraction of sp³-hybridized carbons (Fsp3) is 0.438. The Morgan fingerprint density at radius 2 is 1.78 bits per heavy atom. The van der Waals surface area contributed by atoms with Crippen LogP contribution in [-0.2, 0) is 4.84 Å². The zero-order chi connectivity index (χ0) is 12.4. The molecule has 0 saturated heterocycles. The molecule has 2 heteroatoms. The fourth-order valence-corrected chi connectivity index (χ4v) is 2.97. The van der Waals surface area contributed by atoms with E-state index in [1.165, 1.54) is 32.1 Å². The monoisotopic (exact) mass is 241 g/mol. The zero-order valence-electron chi connectivity index (χ0n) is 10.6. The third-order valence-electron chi connectivity index (χ3n) is 4.00. The maximum atomic E-state index is 5.61. The molecule has 1 aliphatic heterocycles. The van der Waals surface area contributed by atoms with E-state index in [1.54, 1.807) is 0 Å². The van der Waals surface area contributed by atoms with Crippen molar-refractivity contribution in [2.45, 2.75) is 38.2 Å². The van der Waals surface area contributed by atoms with E-state index >= 15 is 0 Å². The molecule has 1 aromatic carbocycles. The lowest BCUT2D eigenvalue weighted by Crippen LogP contribution is -2.18. The molecule has 1 heterocycles. The van der Waals surface area contributed by atoms with E-state index in [0.717, 1.165) is 16.8 Å². The Bertz CT molecular complexity index is 457. The van der Waals surface area contributed by atoms with Crippen molar-refractivity contribution in [1.29, 1.82) is 0 Å². The Hall–Kier alpha value is -1.57. The van der Waals surface area contributed by atoms with Crippen molar-refractivity contribution >= 4 is 5.71 Å². The van der Waals surface area contributed by atoms with Crippen molar-refractivity contribution in [3.63, 3.8) is 0 Å². The Balaban J connectivity index is 1.75. The molecule has 1 aliphatic carbocycles. The smallest absolute Gasteiger partial charge is 0.179 e. The number of hydrogen-bond donors (Lipinski definition) is 0. The SMILES string of the molecule is C=C1C(C2CCCCC2)=NOC1c1ccccc1. The minimum atomic E-state index is -0.0665. The van der Waals surface area contributed by atoms with Crippen molar-refractivity contribution in [3.05, 3.63) is 48.0 Å². The highest BCUT2D eigenvalue weighted by molar-refractivity contribution is 6.03. The summed E-state index contributed by atoms with van der Waals surface area (Å²) in [5.74, 6) is 0.569. The molecule has 0 radical (unpaired) electrons. The minimum absolute atomic E-state index is 0.0665. The van der Waals surface area contributed by atoms with Crippen LogP contribution in [0.5, 0.6) is 0 Å². The average molecular weight is 241 g/mol. The van der Waals surface area contributed by atoms with Crippen molar-refractivity contribution < 1.29 is 4.84 Å². The second kappa shape index (κ2) is 4.97. The van der Waals surface area contributed by atoms with E-state index in [2.05, 4.69) is 23.9 Å². The highest BCUT2D eigenvalue weighted by atomic mass is 16.6. The Labute approximate surface area is 108 Å². The quantitative estimate of drug-likeness (QED) is 0.758. The topological polar surface area (TPSA) is 21.6 Å². The number of oxime groups is 1. The summed E-state index contributed by atoms with van der Waals surface area (Å²) in [6.45, 7) is 4.21. The molecule has 0 aromatic heterocycles. The van der Waals surface area contributed by atoms with Crippen LogP contribution < -0.4 is 0 Å². The van der Waals surface area contributed by atoms with E-state index in [1.807, 2.05) is 18.2 Å². The Kier molecular flexibility index (Phi) is 3.18. The lowest BCUT2D eigenvalue weighted by Gasteiger charge is -2.21. The first-order chi connectivity index (χ1) is 8.86. The van der Waals surface area contributed by atoms with Crippen molar-refractivity contribution in [1.82, 2.24) is 0 Å². The summed E-state index contributed by atoms with van der Waals surface area (Å²) in [6, 6.07) is 10.2. The molecule has 0 N–H and O–H groups in total. The molecule has 0 spiro atoms. The van der Waals surface area contributed by atoms with Crippen LogP contribution in [0, 0.1) is 5.92 Å². The second-order valence-electron chi connectivity index (χ2n) is 5.23. The van der Waals surface area contributed by atoms with Gasteiger partial charge < -0.3 is 4.84 Å². The number of nitrogens with zero attached hydrogens (tertiary/aromatic N) is 1. The van der Waals surface area contributed by atoms with Crippen LogP contribution in [0.3, 0.4) is 0 Å². The van der Waals surface area contributed by atoms with Crippen LogP contribution in [0.4, 0.5) is 0 Å². The summed E-state index contributed by atoms with van der Waals surface area (Å²) >= 11 is 0. The minimum Gasteiger partial charge on any atom is -0.382 e. The average Bonchev–Trinajstić information content (AvgIpc) is 2.83. The van der Waals surface area contributed by atoms with Crippen LogP contribution in [0.1, 0.15) is 43.8 Å². The van der Waals surface area contributed by atoms with Crippen LogP contribution >= 0.6 is 0 Å². The molecule has 2 aliphatic rings. The predicted molar refractivity (Wildman–Crippen MR) is 73.4 cm³/mol. The van der Waals surface area contributed by atoms with Crippen molar-refractivity contribution in [2.24, 2.45) is 11.1 Å². The van der Waals surface area contributed by atoms with Gasteiger partial charge in [0.1, 0.15) is 0 Å². The molecule has 2 nitrogen and oxygen atoms in total. The van der Waals surface area contributed by atoms with Crippen LogP contribution in [0.2, 0.25) is 0 Å². The van der Waals surface area contributed by atoms with Crippen LogP contribution in [0.15, 0.2) is 47.6 Å². The molecule has 3 rings (SSSR count). The normalized spacial score (nSPS) is 24.8. The van der Waals surface area contributed by atoms with E-state index < -0.39 is 0 Å². The Morgan fingerprint density at radius 3 is 2.50 bits per heavy atom.